The number of carbonyl (C=O) groups excluding carboxylic acids is 1. The van der Waals surface area contributed by atoms with Gasteiger partial charge in [-0.1, -0.05) is 0 Å². The number of anilines is 1. The van der Waals surface area contributed by atoms with Crippen LogP contribution in [0.2, 0.25) is 0 Å². The van der Waals surface area contributed by atoms with Gasteiger partial charge in [-0.15, -0.1) is 11.3 Å². The number of aromatic nitrogens is 1. The van der Waals surface area contributed by atoms with Crippen molar-refractivity contribution in [3.8, 4) is 5.75 Å². The van der Waals surface area contributed by atoms with Crippen molar-refractivity contribution < 1.29 is 23.8 Å². The number of carbonyl (C=O) groups is 2. The molecule has 22 heavy (non-hydrogen) atoms. The first-order valence-corrected chi connectivity index (χ1v) is 6.92. The predicted molar refractivity (Wildman–Crippen MR) is 77.6 cm³/mol. The fourth-order valence-electron chi connectivity index (χ4n) is 1.80. The van der Waals surface area contributed by atoms with Crippen molar-refractivity contribution in [2.45, 2.75) is 6.04 Å². The quantitative estimate of drug-likeness (QED) is 0.783. The molecule has 1 aromatic carbocycles. The normalized spacial score (nSPS) is 11.5. The van der Waals surface area contributed by atoms with Crippen molar-refractivity contribution in [2.75, 3.05) is 12.4 Å². The van der Waals surface area contributed by atoms with Crippen molar-refractivity contribution in [3.05, 3.63) is 41.2 Å². The molecule has 2 rings (SSSR count). The van der Waals surface area contributed by atoms with E-state index in [1.54, 1.807) is 5.38 Å². The summed E-state index contributed by atoms with van der Waals surface area (Å²) in [7, 11) is 1.34. The van der Waals surface area contributed by atoms with E-state index in [2.05, 4.69) is 10.3 Å². The smallest absolute Gasteiger partial charge is 0.405 e. The van der Waals surface area contributed by atoms with Crippen LogP contribution in [0.1, 0.15) is 11.6 Å². The molecular weight excluding hydrogens is 313 g/mol. The third-order valence-electron chi connectivity index (χ3n) is 2.70. The van der Waals surface area contributed by atoms with Crippen molar-refractivity contribution in [2.24, 2.45) is 0 Å². The van der Waals surface area contributed by atoms with Gasteiger partial charge in [0.1, 0.15) is 17.6 Å². The SMILES string of the molecule is COc1ccc(F)cc1C(NC(=O)O)C(=O)Nc1nccs1. The number of thiazole rings is 1. The van der Waals surface area contributed by atoms with Gasteiger partial charge in [-0.05, 0) is 18.2 Å². The van der Waals surface area contributed by atoms with Crippen LogP contribution in [0, 0.1) is 5.82 Å². The van der Waals surface area contributed by atoms with Gasteiger partial charge in [0.25, 0.3) is 5.91 Å². The van der Waals surface area contributed by atoms with E-state index in [0.29, 0.717) is 5.13 Å². The first-order chi connectivity index (χ1) is 10.5. The number of amides is 2. The molecule has 1 aromatic heterocycles. The lowest BCUT2D eigenvalue weighted by Crippen LogP contribution is -2.36. The Morgan fingerprint density at radius 2 is 2.23 bits per heavy atom. The molecule has 2 amide bonds. The highest BCUT2D eigenvalue weighted by Crippen LogP contribution is 2.27. The molecule has 7 nitrogen and oxygen atoms in total. The fourth-order valence-corrected chi connectivity index (χ4v) is 2.33. The Balaban J connectivity index is 2.35. The molecule has 0 aliphatic carbocycles. The molecule has 0 saturated heterocycles. The second-order valence-electron chi connectivity index (χ2n) is 4.10. The standard InChI is InChI=1S/C13H12FN3O4S/c1-21-9-3-2-7(14)6-8(9)10(16-13(19)20)11(18)17-12-15-4-5-22-12/h2-6,10,16H,1H3,(H,19,20)(H,15,17,18). The van der Waals surface area contributed by atoms with Crippen LogP contribution in [0.15, 0.2) is 29.8 Å². The summed E-state index contributed by atoms with van der Waals surface area (Å²) in [5.41, 5.74) is 0.0685. The number of ether oxygens (including phenoxy) is 1. The Morgan fingerprint density at radius 1 is 1.45 bits per heavy atom. The molecule has 0 aliphatic rings. The maximum Gasteiger partial charge on any atom is 0.405 e. The average molecular weight is 325 g/mol. The third-order valence-corrected chi connectivity index (χ3v) is 3.38. The summed E-state index contributed by atoms with van der Waals surface area (Å²) in [5.74, 6) is -1.12. The van der Waals surface area contributed by atoms with Crippen molar-refractivity contribution in [1.29, 1.82) is 0 Å². The van der Waals surface area contributed by atoms with Gasteiger partial charge in [0.2, 0.25) is 0 Å². The molecule has 1 heterocycles. The lowest BCUT2D eigenvalue weighted by molar-refractivity contribution is -0.118. The van der Waals surface area contributed by atoms with Crippen molar-refractivity contribution in [1.82, 2.24) is 10.3 Å². The molecule has 116 valence electrons. The number of halogens is 1. The minimum atomic E-state index is -1.43. The molecule has 0 bridgehead atoms. The van der Waals surface area contributed by atoms with Crippen molar-refractivity contribution in [3.63, 3.8) is 0 Å². The Bertz CT molecular complexity index is 678. The molecule has 0 fully saturated rings. The predicted octanol–water partition coefficient (Wildman–Crippen LogP) is 2.24. The Labute approximate surface area is 128 Å². The molecule has 3 N–H and O–H groups in total. The van der Waals surface area contributed by atoms with E-state index in [9.17, 15) is 14.0 Å². The minimum absolute atomic E-state index is 0.0685. The molecule has 0 aliphatic heterocycles. The third kappa shape index (κ3) is 3.70. The lowest BCUT2D eigenvalue weighted by atomic mass is 10.0. The first-order valence-electron chi connectivity index (χ1n) is 6.04. The molecule has 9 heteroatoms. The van der Waals surface area contributed by atoms with Gasteiger partial charge in [0.05, 0.1) is 7.11 Å². The van der Waals surface area contributed by atoms with Gasteiger partial charge < -0.3 is 15.2 Å². The number of methoxy groups -OCH3 is 1. The number of carboxylic acid groups (broad SMARTS) is 1. The largest absolute Gasteiger partial charge is 0.496 e. The highest BCUT2D eigenvalue weighted by Gasteiger charge is 2.27. The van der Waals surface area contributed by atoms with Crippen LogP contribution >= 0.6 is 11.3 Å². The lowest BCUT2D eigenvalue weighted by Gasteiger charge is -2.18. The molecule has 1 unspecified atom stereocenters. The van der Waals surface area contributed by atoms with Crippen LogP contribution in [0.25, 0.3) is 0 Å². The van der Waals surface area contributed by atoms with E-state index in [1.807, 2.05) is 5.32 Å². The van der Waals surface area contributed by atoms with Gasteiger partial charge in [-0.2, -0.15) is 0 Å². The second kappa shape index (κ2) is 6.85. The zero-order chi connectivity index (χ0) is 16.1. The van der Waals surface area contributed by atoms with Crippen LogP contribution in [0.3, 0.4) is 0 Å². The van der Waals surface area contributed by atoms with Gasteiger partial charge in [0.15, 0.2) is 5.13 Å². The summed E-state index contributed by atoms with van der Waals surface area (Å²) in [6.07, 6.45) is 0.0634. The van der Waals surface area contributed by atoms with Crippen LogP contribution in [0.4, 0.5) is 14.3 Å². The minimum Gasteiger partial charge on any atom is -0.496 e. The molecule has 0 radical (unpaired) electrons. The number of benzene rings is 1. The molecule has 1 atom stereocenters. The van der Waals surface area contributed by atoms with Gasteiger partial charge in [-0.25, -0.2) is 14.2 Å². The summed E-state index contributed by atoms with van der Waals surface area (Å²) in [6.45, 7) is 0. The molecule has 0 spiro atoms. The highest BCUT2D eigenvalue weighted by atomic mass is 32.1. The van der Waals surface area contributed by atoms with E-state index in [-0.39, 0.29) is 11.3 Å². The van der Waals surface area contributed by atoms with Crippen LogP contribution in [0.5, 0.6) is 5.75 Å². The van der Waals surface area contributed by atoms with Crippen LogP contribution in [-0.2, 0) is 4.79 Å². The maximum absolute atomic E-state index is 13.4. The Hall–Kier alpha value is -2.68. The number of nitrogens with zero attached hydrogens (tertiary/aromatic N) is 1. The van der Waals surface area contributed by atoms with E-state index in [4.69, 9.17) is 9.84 Å². The average Bonchev–Trinajstić information content (AvgIpc) is 2.97. The number of nitrogens with one attached hydrogen (secondary N) is 2. The van der Waals surface area contributed by atoms with Crippen LogP contribution in [-0.4, -0.2) is 29.2 Å². The second-order valence-corrected chi connectivity index (χ2v) is 4.99. The van der Waals surface area contributed by atoms with E-state index in [1.165, 1.54) is 30.7 Å². The summed E-state index contributed by atoms with van der Waals surface area (Å²) in [4.78, 5) is 27.1. The summed E-state index contributed by atoms with van der Waals surface area (Å²) >= 11 is 1.17. The zero-order valence-electron chi connectivity index (χ0n) is 11.4. The van der Waals surface area contributed by atoms with Gasteiger partial charge in [0, 0.05) is 17.1 Å². The maximum atomic E-state index is 13.4. The fraction of sp³-hybridized carbons (Fsp3) is 0.154. The van der Waals surface area contributed by atoms with Gasteiger partial charge in [-0.3, -0.25) is 10.1 Å². The number of hydrogen-bond donors (Lipinski definition) is 3. The van der Waals surface area contributed by atoms with Crippen molar-refractivity contribution >= 4 is 28.5 Å². The van der Waals surface area contributed by atoms with E-state index in [0.717, 1.165) is 12.1 Å². The van der Waals surface area contributed by atoms with E-state index >= 15 is 0 Å². The number of hydrogen-bond acceptors (Lipinski definition) is 5. The highest BCUT2D eigenvalue weighted by molar-refractivity contribution is 7.13. The summed E-state index contributed by atoms with van der Waals surface area (Å²) in [5, 5.41) is 15.4. The number of rotatable bonds is 5. The first kappa shape index (κ1) is 15.7. The summed E-state index contributed by atoms with van der Waals surface area (Å²) in [6, 6.07) is 2.17. The Kier molecular flexibility index (Phi) is 4.89. The molecular formula is C13H12FN3O4S. The van der Waals surface area contributed by atoms with Crippen LogP contribution < -0.4 is 15.4 Å². The topological polar surface area (TPSA) is 101 Å². The summed E-state index contributed by atoms with van der Waals surface area (Å²) < 4.78 is 18.5. The Morgan fingerprint density at radius 3 is 2.82 bits per heavy atom. The van der Waals surface area contributed by atoms with E-state index < -0.39 is 23.9 Å². The molecule has 0 saturated carbocycles. The monoisotopic (exact) mass is 325 g/mol. The zero-order valence-corrected chi connectivity index (χ0v) is 12.2. The molecule has 2 aromatic rings. The van der Waals surface area contributed by atoms with Gasteiger partial charge >= 0.3 is 6.09 Å².